The third-order valence-corrected chi connectivity index (χ3v) is 5.11. The monoisotopic (exact) mass is 369 g/mol. The first-order valence-electron chi connectivity index (χ1n) is 9.92. The maximum Gasteiger partial charge on any atom is 0.226 e. The largest absolute Gasteiger partial charge is 0.491 e. The van der Waals surface area contributed by atoms with Gasteiger partial charge in [-0.3, -0.25) is 0 Å². The zero-order valence-electron chi connectivity index (χ0n) is 17.1. The van der Waals surface area contributed by atoms with Crippen molar-refractivity contribution in [3.8, 4) is 22.8 Å². The normalized spacial score (nSPS) is 19.8. The third kappa shape index (κ3) is 4.90. The number of nitrogens with zero attached hydrogens (tertiary/aromatic N) is 2. The van der Waals surface area contributed by atoms with Crippen molar-refractivity contribution in [2.75, 3.05) is 12.4 Å². The van der Waals surface area contributed by atoms with Crippen LogP contribution in [-0.4, -0.2) is 29.2 Å². The summed E-state index contributed by atoms with van der Waals surface area (Å²) in [5.41, 5.74) is 2.86. The van der Waals surface area contributed by atoms with Crippen LogP contribution in [0.25, 0.3) is 11.1 Å². The predicted molar refractivity (Wildman–Crippen MR) is 110 cm³/mol. The molecule has 5 heteroatoms. The molecule has 1 saturated carbocycles. The van der Waals surface area contributed by atoms with Gasteiger partial charge in [-0.25, -0.2) is 4.98 Å². The Hall–Kier alpha value is -2.30. The van der Waals surface area contributed by atoms with Crippen LogP contribution in [0.1, 0.15) is 52.1 Å². The molecule has 1 aromatic heterocycles. The van der Waals surface area contributed by atoms with Gasteiger partial charge in [-0.15, -0.1) is 0 Å². The van der Waals surface area contributed by atoms with Crippen molar-refractivity contribution in [2.45, 2.75) is 65.5 Å². The Labute approximate surface area is 162 Å². The standard InChI is InChI=1S/C22H31N3O2/c1-14(2)27-19-12-8-17(9-13-19)20-16(4)23-22(25-21(20)26-5)24-18-10-6-15(3)7-11-18/h8-9,12-15,18H,6-7,10-11H2,1-5H3,(H,23,24,25). The third-order valence-electron chi connectivity index (χ3n) is 5.11. The topological polar surface area (TPSA) is 56.3 Å². The summed E-state index contributed by atoms with van der Waals surface area (Å²) in [4.78, 5) is 9.35. The van der Waals surface area contributed by atoms with Crippen molar-refractivity contribution in [3.05, 3.63) is 30.0 Å². The number of benzene rings is 1. The zero-order chi connectivity index (χ0) is 19.4. The van der Waals surface area contributed by atoms with Gasteiger partial charge in [0.15, 0.2) is 0 Å². The lowest BCUT2D eigenvalue weighted by atomic mass is 9.87. The first-order valence-corrected chi connectivity index (χ1v) is 9.92. The Balaban J connectivity index is 1.81. The molecule has 0 atom stereocenters. The number of hydrogen-bond acceptors (Lipinski definition) is 5. The molecule has 146 valence electrons. The Morgan fingerprint density at radius 3 is 2.30 bits per heavy atom. The molecule has 0 aliphatic heterocycles. The average molecular weight is 370 g/mol. The van der Waals surface area contributed by atoms with E-state index in [1.54, 1.807) is 7.11 Å². The van der Waals surface area contributed by atoms with Crippen LogP contribution in [0.5, 0.6) is 11.6 Å². The Kier molecular flexibility index (Phi) is 6.19. The molecule has 3 rings (SSSR count). The molecule has 1 aromatic carbocycles. The molecule has 1 N–H and O–H groups in total. The lowest BCUT2D eigenvalue weighted by Crippen LogP contribution is -2.26. The van der Waals surface area contributed by atoms with E-state index in [0.717, 1.165) is 28.5 Å². The molecule has 0 unspecified atom stereocenters. The minimum atomic E-state index is 0.156. The second-order valence-electron chi connectivity index (χ2n) is 7.81. The first kappa shape index (κ1) is 19.5. The van der Waals surface area contributed by atoms with Crippen LogP contribution >= 0.6 is 0 Å². The van der Waals surface area contributed by atoms with E-state index in [4.69, 9.17) is 14.5 Å². The van der Waals surface area contributed by atoms with Gasteiger partial charge in [0, 0.05) is 6.04 Å². The Bertz CT molecular complexity index is 751. The maximum absolute atomic E-state index is 5.73. The molecule has 1 aliphatic rings. The molecule has 27 heavy (non-hydrogen) atoms. The van der Waals surface area contributed by atoms with Gasteiger partial charge < -0.3 is 14.8 Å². The van der Waals surface area contributed by atoms with E-state index in [1.807, 2.05) is 45.0 Å². The average Bonchev–Trinajstić information content (AvgIpc) is 2.63. The van der Waals surface area contributed by atoms with Crippen LogP contribution in [0.3, 0.4) is 0 Å². The summed E-state index contributed by atoms with van der Waals surface area (Å²) in [6, 6.07) is 8.46. The summed E-state index contributed by atoms with van der Waals surface area (Å²) in [7, 11) is 1.66. The Morgan fingerprint density at radius 1 is 1.04 bits per heavy atom. The van der Waals surface area contributed by atoms with Crippen molar-refractivity contribution in [1.82, 2.24) is 9.97 Å². The zero-order valence-corrected chi connectivity index (χ0v) is 17.1. The molecule has 0 saturated heterocycles. The highest BCUT2D eigenvalue weighted by Gasteiger charge is 2.20. The van der Waals surface area contributed by atoms with Crippen LogP contribution in [0.15, 0.2) is 24.3 Å². The van der Waals surface area contributed by atoms with Crippen molar-refractivity contribution in [2.24, 2.45) is 5.92 Å². The molecule has 5 nitrogen and oxygen atoms in total. The predicted octanol–water partition coefficient (Wildman–Crippen LogP) is 5.24. The van der Waals surface area contributed by atoms with Crippen LogP contribution in [0, 0.1) is 12.8 Å². The molecular weight excluding hydrogens is 338 g/mol. The highest BCUT2D eigenvalue weighted by atomic mass is 16.5. The smallest absolute Gasteiger partial charge is 0.226 e. The first-order chi connectivity index (χ1) is 13.0. The summed E-state index contributed by atoms with van der Waals surface area (Å²) < 4.78 is 11.3. The Morgan fingerprint density at radius 2 is 1.70 bits per heavy atom. The van der Waals surface area contributed by atoms with Crippen molar-refractivity contribution in [3.63, 3.8) is 0 Å². The molecule has 0 spiro atoms. The number of nitrogens with one attached hydrogen (secondary N) is 1. The summed E-state index contributed by atoms with van der Waals surface area (Å²) >= 11 is 0. The second-order valence-corrected chi connectivity index (χ2v) is 7.81. The van der Waals surface area contributed by atoms with Crippen molar-refractivity contribution in [1.29, 1.82) is 0 Å². The molecule has 1 aliphatic carbocycles. The fraction of sp³-hybridized carbons (Fsp3) is 0.545. The molecule has 0 radical (unpaired) electrons. The number of rotatable bonds is 6. The molecule has 2 aromatic rings. The van der Waals surface area contributed by atoms with E-state index in [1.165, 1.54) is 25.7 Å². The maximum atomic E-state index is 5.73. The van der Waals surface area contributed by atoms with E-state index >= 15 is 0 Å². The van der Waals surface area contributed by atoms with Gasteiger partial charge >= 0.3 is 0 Å². The fourth-order valence-corrected chi connectivity index (χ4v) is 3.65. The minimum Gasteiger partial charge on any atom is -0.491 e. The molecule has 0 bridgehead atoms. The van der Waals surface area contributed by atoms with Gasteiger partial charge in [-0.05, 0) is 70.1 Å². The molecule has 1 heterocycles. The minimum absolute atomic E-state index is 0.156. The summed E-state index contributed by atoms with van der Waals surface area (Å²) in [5, 5.41) is 3.50. The quantitative estimate of drug-likeness (QED) is 0.755. The second kappa shape index (κ2) is 8.59. The lowest BCUT2D eigenvalue weighted by molar-refractivity contribution is 0.242. The van der Waals surface area contributed by atoms with Crippen LogP contribution in [-0.2, 0) is 0 Å². The highest BCUT2D eigenvalue weighted by molar-refractivity contribution is 5.72. The SMILES string of the molecule is COc1nc(NC2CCC(C)CC2)nc(C)c1-c1ccc(OC(C)C)cc1. The molecular formula is C22H31N3O2. The van der Waals surface area contributed by atoms with Gasteiger partial charge in [0.1, 0.15) is 5.75 Å². The van der Waals surface area contributed by atoms with Crippen molar-refractivity contribution >= 4 is 5.95 Å². The molecule has 1 fully saturated rings. The fourth-order valence-electron chi connectivity index (χ4n) is 3.65. The van der Waals surface area contributed by atoms with Gasteiger partial charge in [-0.2, -0.15) is 4.98 Å². The number of methoxy groups -OCH3 is 1. The highest BCUT2D eigenvalue weighted by Crippen LogP contribution is 2.33. The van der Waals surface area contributed by atoms with Gasteiger partial charge in [0.2, 0.25) is 11.8 Å². The number of anilines is 1. The number of aromatic nitrogens is 2. The summed E-state index contributed by atoms with van der Waals surface area (Å²) in [6.45, 7) is 8.37. The van der Waals surface area contributed by atoms with Crippen LogP contribution < -0.4 is 14.8 Å². The van der Waals surface area contributed by atoms with E-state index in [-0.39, 0.29) is 6.10 Å². The van der Waals surface area contributed by atoms with Crippen molar-refractivity contribution < 1.29 is 9.47 Å². The number of ether oxygens (including phenoxy) is 2. The van der Waals surface area contributed by atoms with Gasteiger partial charge in [0.25, 0.3) is 0 Å². The summed E-state index contributed by atoms with van der Waals surface area (Å²) in [6.07, 6.45) is 5.02. The van der Waals surface area contributed by atoms with E-state index in [2.05, 4.69) is 17.2 Å². The van der Waals surface area contributed by atoms with Gasteiger partial charge in [0.05, 0.1) is 24.5 Å². The van der Waals surface area contributed by atoms with Crippen LogP contribution in [0.2, 0.25) is 0 Å². The number of hydrogen-bond donors (Lipinski definition) is 1. The van der Waals surface area contributed by atoms with Gasteiger partial charge in [-0.1, -0.05) is 19.1 Å². The lowest BCUT2D eigenvalue weighted by Gasteiger charge is -2.27. The van der Waals surface area contributed by atoms with Crippen LogP contribution in [0.4, 0.5) is 5.95 Å². The van der Waals surface area contributed by atoms with E-state index in [9.17, 15) is 0 Å². The van der Waals surface area contributed by atoms with E-state index < -0.39 is 0 Å². The van der Waals surface area contributed by atoms with E-state index in [0.29, 0.717) is 17.9 Å². The molecule has 0 amide bonds. The number of aryl methyl sites for hydroxylation is 1. The summed E-state index contributed by atoms with van der Waals surface area (Å²) in [5.74, 6) is 2.94.